The lowest BCUT2D eigenvalue weighted by Gasteiger charge is -2.04. The summed E-state index contributed by atoms with van der Waals surface area (Å²) in [6.07, 6.45) is 0.888. The first-order valence-electron chi connectivity index (χ1n) is 5.32. The van der Waals surface area contributed by atoms with Gasteiger partial charge >= 0.3 is 0 Å². The van der Waals surface area contributed by atoms with Crippen molar-refractivity contribution in [1.29, 1.82) is 0 Å². The van der Waals surface area contributed by atoms with Crippen LogP contribution in [0.25, 0.3) is 11.3 Å². The zero-order valence-electron chi connectivity index (χ0n) is 9.11. The second-order valence-electron chi connectivity index (χ2n) is 3.70. The molecule has 0 saturated heterocycles. The first-order chi connectivity index (χ1) is 7.72. The molecule has 1 unspecified atom stereocenters. The molecule has 1 aromatic heterocycles. The lowest BCUT2D eigenvalue weighted by molar-refractivity contribution is 0.470. The van der Waals surface area contributed by atoms with Gasteiger partial charge in [-0.25, -0.2) is 0 Å². The van der Waals surface area contributed by atoms with Crippen LogP contribution in [0.4, 0.5) is 0 Å². The highest BCUT2D eigenvalue weighted by Crippen LogP contribution is 2.28. The average Bonchev–Trinajstić information content (AvgIpc) is 2.78. The molecule has 0 aliphatic carbocycles. The van der Waals surface area contributed by atoms with Crippen LogP contribution in [0, 0.1) is 3.57 Å². The van der Waals surface area contributed by atoms with Gasteiger partial charge in [-0.05, 0) is 47.2 Å². The zero-order chi connectivity index (χ0) is 11.5. The van der Waals surface area contributed by atoms with Crippen LogP contribution in [-0.4, -0.2) is 0 Å². The van der Waals surface area contributed by atoms with Crippen molar-refractivity contribution in [3.8, 4) is 11.3 Å². The van der Waals surface area contributed by atoms with Crippen LogP contribution in [0.5, 0.6) is 0 Å². The molecule has 2 nitrogen and oxygen atoms in total. The van der Waals surface area contributed by atoms with Gasteiger partial charge in [0.15, 0.2) is 0 Å². The Kier molecular flexibility index (Phi) is 3.66. The smallest absolute Gasteiger partial charge is 0.135 e. The van der Waals surface area contributed by atoms with Gasteiger partial charge in [0.25, 0.3) is 0 Å². The SMILES string of the molecule is CCC(N)c1ccc(-c2ccccc2I)o1. The molecule has 0 spiro atoms. The predicted molar refractivity (Wildman–Crippen MR) is 74.1 cm³/mol. The lowest BCUT2D eigenvalue weighted by atomic mass is 10.2. The minimum atomic E-state index is -0.00452. The summed E-state index contributed by atoms with van der Waals surface area (Å²) in [5.74, 6) is 1.75. The molecule has 0 bridgehead atoms. The Hall–Kier alpha value is -0.810. The molecular formula is C13H14INO. The maximum atomic E-state index is 5.93. The Morgan fingerprint density at radius 1 is 1.25 bits per heavy atom. The van der Waals surface area contributed by atoms with E-state index in [2.05, 4.69) is 41.6 Å². The summed E-state index contributed by atoms with van der Waals surface area (Å²) < 4.78 is 6.96. The molecule has 0 aliphatic rings. The summed E-state index contributed by atoms with van der Waals surface area (Å²) in [5, 5.41) is 0. The maximum absolute atomic E-state index is 5.93. The van der Waals surface area contributed by atoms with Gasteiger partial charge in [0.1, 0.15) is 11.5 Å². The maximum Gasteiger partial charge on any atom is 0.135 e. The fourth-order valence-corrected chi connectivity index (χ4v) is 2.21. The van der Waals surface area contributed by atoms with E-state index in [1.165, 1.54) is 3.57 Å². The summed E-state index contributed by atoms with van der Waals surface area (Å²) in [6.45, 7) is 2.05. The van der Waals surface area contributed by atoms with Crippen LogP contribution in [-0.2, 0) is 0 Å². The summed E-state index contributed by atoms with van der Waals surface area (Å²) in [5.41, 5.74) is 7.05. The van der Waals surface area contributed by atoms with E-state index >= 15 is 0 Å². The Morgan fingerprint density at radius 2 is 2.00 bits per heavy atom. The monoisotopic (exact) mass is 327 g/mol. The van der Waals surface area contributed by atoms with Crippen molar-refractivity contribution in [3.05, 3.63) is 45.7 Å². The highest BCUT2D eigenvalue weighted by molar-refractivity contribution is 14.1. The van der Waals surface area contributed by atoms with Gasteiger partial charge in [-0.3, -0.25) is 0 Å². The summed E-state index contributed by atoms with van der Waals surface area (Å²) in [4.78, 5) is 0. The minimum absolute atomic E-state index is 0.00452. The fraction of sp³-hybridized carbons (Fsp3) is 0.231. The number of nitrogens with two attached hydrogens (primary N) is 1. The summed E-state index contributed by atoms with van der Waals surface area (Å²) >= 11 is 2.31. The van der Waals surface area contributed by atoms with Crippen molar-refractivity contribution < 1.29 is 4.42 Å². The van der Waals surface area contributed by atoms with E-state index in [9.17, 15) is 0 Å². The van der Waals surface area contributed by atoms with Crippen LogP contribution in [0.2, 0.25) is 0 Å². The molecule has 3 heteroatoms. The first kappa shape index (κ1) is 11.7. The van der Waals surface area contributed by atoms with Crippen LogP contribution < -0.4 is 5.73 Å². The molecule has 2 aromatic rings. The molecule has 84 valence electrons. The fourth-order valence-electron chi connectivity index (χ4n) is 1.56. The Bertz CT molecular complexity index is 478. The van der Waals surface area contributed by atoms with E-state index in [1.54, 1.807) is 0 Å². The van der Waals surface area contributed by atoms with E-state index in [4.69, 9.17) is 10.2 Å². The number of rotatable bonds is 3. The number of halogens is 1. The van der Waals surface area contributed by atoms with Crippen LogP contribution in [0.1, 0.15) is 25.1 Å². The Morgan fingerprint density at radius 3 is 2.69 bits per heavy atom. The van der Waals surface area contributed by atoms with Crippen molar-refractivity contribution >= 4 is 22.6 Å². The van der Waals surface area contributed by atoms with Gasteiger partial charge in [-0.1, -0.05) is 25.1 Å². The molecule has 1 heterocycles. The van der Waals surface area contributed by atoms with E-state index in [0.29, 0.717) is 0 Å². The molecule has 16 heavy (non-hydrogen) atoms. The highest BCUT2D eigenvalue weighted by Gasteiger charge is 2.11. The summed E-state index contributed by atoms with van der Waals surface area (Å²) in [7, 11) is 0. The predicted octanol–water partition coefficient (Wildman–Crippen LogP) is 3.96. The molecule has 1 atom stereocenters. The number of hydrogen-bond acceptors (Lipinski definition) is 2. The van der Waals surface area contributed by atoms with Crippen molar-refractivity contribution in [3.63, 3.8) is 0 Å². The summed E-state index contributed by atoms with van der Waals surface area (Å²) in [6, 6.07) is 12.1. The lowest BCUT2D eigenvalue weighted by Crippen LogP contribution is -2.06. The topological polar surface area (TPSA) is 39.2 Å². The van der Waals surface area contributed by atoms with Gasteiger partial charge < -0.3 is 10.2 Å². The second kappa shape index (κ2) is 5.01. The molecule has 0 aliphatic heterocycles. The normalized spacial score (nSPS) is 12.7. The van der Waals surface area contributed by atoms with Gasteiger partial charge in [-0.15, -0.1) is 0 Å². The molecule has 0 saturated carbocycles. The van der Waals surface area contributed by atoms with Gasteiger partial charge in [0.05, 0.1) is 6.04 Å². The number of furan rings is 1. The third kappa shape index (κ3) is 2.30. The van der Waals surface area contributed by atoms with Crippen molar-refractivity contribution in [2.45, 2.75) is 19.4 Å². The molecule has 1 aromatic carbocycles. The standard InChI is InChI=1S/C13H14INO/c1-2-11(15)13-8-7-12(16-13)9-5-3-4-6-10(9)14/h3-8,11H,2,15H2,1H3. The Balaban J connectivity index is 2.35. The van der Waals surface area contributed by atoms with Gasteiger partial charge in [-0.2, -0.15) is 0 Å². The minimum Gasteiger partial charge on any atom is -0.459 e. The van der Waals surface area contributed by atoms with E-state index in [1.807, 2.05) is 24.3 Å². The van der Waals surface area contributed by atoms with Crippen molar-refractivity contribution in [1.82, 2.24) is 0 Å². The van der Waals surface area contributed by atoms with Crippen molar-refractivity contribution in [2.24, 2.45) is 5.73 Å². The van der Waals surface area contributed by atoms with Crippen LogP contribution in [0.15, 0.2) is 40.8 Å². The van der Waals surface area contributed by atoms with E-state index < -0.39 is 0 Å². The number of benzene rings is 1. The number of hydrogen-bond donors (Lipinski definition) is 1. The largest absolute Gasteiger partial charge is 0.459 e. The molecule has 0 amide bonds. The first-order valence-corrected chi connectivity index (χ1v) is 6.40. The van der Waals surface area contributed by atoms with Crippen LogP contribution in [0.3, 0.4) is 0 Å². The van der Waals surface area contributed by atoms with E-state index in [-0.39, 0.29) is 6.04 Å². The zero-order valence-corrected chi connectivity index (χ0v) is 11.3. The third-order valence-electron chi connectivity index (χ3n) is 2.57. The molecular weight excluding hydrogens is 313 g/mol. The highest BCUT2D eigenvalue weighted by atomic mass is 127. The molecule has 0 fully saturated rings. The average molecular weight is 327 g/mol. The third-order valence-corrected chi connectivity index (χ3v) is 3.51. The quantitative estimate of drug-likeness (QED) is 0.867. The molecule has 2 rings (SSSR count). The molecule has 0 radical (unpaired) electrons. The van der Waals surface area contributed by atoms with E-state index in [0.717, 1.165) is 23.5 Å². The van der Waals surface area contributed by atoms with Gasteiger partial charge in [0.2, 0.25) is 0 Å². The second-order valence-corrected chi connectivity index (χ2v) is 4.86. The Labute approximate surface area is 109 Å². The van der Waals surface area contributed by atoms with Crippen LogP contribution >= 0.6 is 22.6 Å². The van der Waals surface area contributed by atoms with Crippen molar-refractivity contribution in [2.75, 3.05) is 0 Å². The van der Waals surface area contributed by atoms with Gasteiger partial charge in [0, 0.05) is 9.13 Å². The molecule has 2 N–H and O–H groups in total.